The van der Waals surface area contributed by atoms with Gasteiger partial charge in [-0.2, -0.15) is 0 Å². The Morgan fingerprint density at radius 1 is 1.14 bits per heavy atom. The van der Waals surface area contributed by atoms with Crippen LogP contribution < -0.4 is 10.6 Å². The third kappa shape index (κ3) is 7.81. The zero-order chi connectivity index (χ0) is 26.3. The van der Waals surface area contributed by atoms with Gasteiger partial charge >= 0.3 is 0 Å². The Morgan fingerprint density at radius 2 is 1.84 bits per heavy atom. The lowest BCUT2D eigenvalue weighted by Gasteiger charge is -2.30. The van der Waals surface area contributed by atoms with Crippen LogP contribution in [0.25, 0.3) is 10.2 Å². The molecule has 3 atom stereocenters. The number of ether oxygens (including phenoxy) is 1. The third-order valence-corrected chi connectivity index (χ3v) is 9.22. The van der Waals surface area contributed by atoms with Crippen molar-refractivity contribution in [3.8, 4) is 0 Å². The Morgan fingerprint density at radius 3 is 2.54 bits per heavy atom. The van der Waals surface area contributed by atoms with Gasteiger partial charge in [-0.25, -0.2) is 13.4 Å². The van der Waals surface area contributed by atoms with Crippen LogP contribution in [0.1, 0.15) is 49.3 Å². The summed E-state index contributed by atoms with van der Waals surface area (Å²) in [5.41, 5.74) is 1.48. The van der Waals surface area contributed by atoms with Crippen molar-refractivity contribution in [3.63, 3.8) is 0 Å². The average molecular weight is 546 g/mol. The summed E-state index contributed by atoms with van der Waals surface area (Å²) in [6, 6.07) is 15.1. The maximum atomic E-state index is 13.5. The number of thiazole rings is 1. The van der Waals surface area contributed by atoms with Crippen LogP contribution >= 0.6 is 11.3 Å². The summed E-state index contributed by atoms with van der Waals surface area (Å²) in [5, 5.41) is 17.9. The van der Waals surface area contributed by atoms with E-state index in [1.807, 2.05) is 37.3 Å². The van der Waals surface area contributed by atoms with Gasteiger partial charge in [-0.1, -0.05) is 55.8 Å². The minimum Gasteiger partial charge on any atom is -0.384 e. The van der Waals surface area contributed by atoms with Crippen molar-refractivity contribution < 1.29 is 23.1 Å². The van der Waals surface area contributed by atoms with Crippen molar-refractivity contribution in [2.24, 2.45) is 0 Å². The lowest BCUT2D eigenvalue weighted by atomic mass is 10.0. The molecule has 3 N–H and O–H groups in total. The molecule has 1 amide bonds. The minimum absolute atomic E-state index is 0.0183. The zero-order valence-corrected chi connectivity index (χ0v) is 22.6. The third-order valence-electron chi connectivity index (χ3n) is 6.50. The molecule has 1 saturated heterocycles. The quantitative estimate of drug-likeness (QED) is 0.319. The highest BCUT2D eigenvalue weighted by Gasteiger charge is 2.32. The van der Waals surface area contributed by atoms with Gasteiger partial charge in [0.1, 0.15) is 17.2 Å². The average Bonchev–Trinajstić information content (AvgIpc) is 3.33. The Hall–Kier alpha value is -2.37. The van der Waals surface area contributed by atoms with Crippen molar-refractivity contribution in [3.05, 3.63) is 65.2 Å². The number of para-hydroxylation sites is 1. The summed E-state index contributed by atoms with van der Waals surface area (Å²) < 4.78 is 32.6. The molecule has 1 aromatic heterocycles. The molecule has 2 unspecified atom stereocenters. The van der Waals surface area contributed by atoms with E-state index in [0.29, 0.717) is 43.0 Å². The van der Waals surface area contributed by atoms with Crippen molar-refractivity contribution in [2.45, 2.75) is 62.6 Å². The lowest BCUT2D eigenvalue weighted by Crippen LogP contribution is -2.55. The zero-order valence-electron chi connectivity index (χ0n) is 21.0. The molecule has 1 aliphatic heterocycles. The Balaban J connectivity index is 1.51. The fourth-order valence-corrected chi connectivity index (χ4v) is 7.17. The number of nitrogens with one attached hydrogen (secondary N) is 2. The van der Waals surface area contributed by atoms with E-state index in [-0.39, 0.29) is 17.5 Å². The van der Waals surface area contributed by atoms with E-state index < -0.39 is 33.9 Å². The second kappa shape index (κ2) is 12.9. The highest BCUT2D eigenvalue weighted by molar-refractivity contribution is 7.90. The standard InChI is InChI=1S/C27H35N3O5S2/c1-2-8-22(25(31)27-30-21-11-6-7-12-24(21)36-27)29-26(32)23(28-20-13-15-35-16-14-20)18-37(33,34)17-19-9-4-3-5-10-19/h3-7,9-12,20,22-23,25,28,31H,2,8,13-18H2,1H3,(H,29,32)/t22?,23-,25?/m0/s1. The van der Waals surface area contributed by atoms with E-state index in [0.717, 1.165) is 16.6 Å². The van der Waals surface area contributed by atoms with Gasteiger partial charge in [0.2, 0.25) is 5.91 Å². The summed E-state index contributed by atoms with van der Waals surface area (Å²) in [7, 11) is -3.59. The fourth-order valence-electron chi connectivity index (χ4n) is 4.58. The molecule has 1 fully saturated rings. The van der Waals surface area contributed by atoms with Gasteiger partial charge in [-0.05, 0) is 37.0 Å². The summed E-state index contributed by atoms with van der Waals surface area (Å²) in [5.74, 6) is -0.900. The Bertz CT molecular complexity index is 1230. The number of aromatic nitrogens is 1. The summed E-state index contributed by atoms with van der Waals surface area (Å²) in [6.45, 7) is 3.11. The molecular formula is C27H35N3O5S2. The van der Waals surface area contributed by atoms with E-state index >= 15 is 0 Å². The molecule has 4 rings (SSSR count). The van der Waals surface area contributed by atoms with Gasteiger partial charge in [0.05, 0.1) is 27.8 Å². The predicted octanol–water partition coefficient (Wildman–Crippen LogP) is 3.37. The van der Waals surface area contributed by atoms with Crippen LogP contribution in [0.15, 0.2) is 54.6 Å². The normalized spacial score (nSPS) is 17.4. The Labute approximate surface area is 222 Å². The molecular weight excluding hydrogens is 510 g/mol. The van der Waals surface area contributed by atoms with Crippen LogP contribution in [0.5, 0.6) is 0 Å². The van der Waals surface area contributed by atoms with Crippen LogP contribution in [0, 0.1) is 0 Å². The number of benzene rings is 2. The Kier molecular flexibility index (Phi) is 9.66. The van der Waals surface area contributed by atoms with Crippen molar-refractivity contribution >= 4 is 37.3 Å². The van der Waals surface area contributed by atoms with Gasteiger partial charge in [0, 0.05) is 19.3 Å². The van der Waals surface area contributed by atoms with Crippen LogP contribution in [0.3, 0.4) is 0 Å². The van der Waals surface area contributed by atoms with Crippen LogP contribution in [-0.2, 0) is 25.1 Å². The van der Waals surface area contributed by atoms with Gasteiger partial charge in [0.25, 0.3) is 0 Å². The smallest absolute Gasteiger partial charge is 0.238 e. The van der Waals surface area contributed by atoms with Crippen molar-refractivity contribution in [1.82, 2.24) is 15.6 Å². The number of fused-ring (bicyclic) bond motifs is 1. The van der Waals surface area contributed by atoms with E-state index in [4.69, 9.17) is 4.74 Å². The molecule has 2 aromatic carbocycles. The molecule has 37 heavy (non-hydrogen) atoms. The number of carbonyl (C=O) groups is 1. The van der Waals surface area contributed by atoms with Gasteiger partial charge in [-0.3, -0.25) is 4.79 Å². The van der Waals surface area contributed by atoms with E-state index in [9.17, 15) is 18.3 Å². The first kappa shape index (κ1) is 27.7. The largest absolute Gasteiger partial charge is 0.384 e. The number of nitrogens with zero attached hydrogens (tertiary/aromatic N) is 1. The summed E-state index contributed by atoms with van der Waals surface area (Å²) in [4.78, 5) is 18.1. The second-order valence-electron chi connectivity index (χ2n) is 9.51. The van der Waals surface area contributed by atoms with Gasteiger partial charge in [0.15, 0.2) is 9.84 Å². The molecule has 10 heteroatoms. The molecule has 0 aliphatic carbocycles. The SMILES string of the molecule is CCCC(NC(=O)[C@H](CS(=O)(=O)Cc1ccccc1)NC1CCOCC1)C(O)c1nc2ccccc2s1. The number of rotatable bonds is 12. The van der Waals surface area contributed by atoms with Gasteiger partial charge in [-0.15, -0.1) is 11.3 Å². The van der Waals surface area contributed by atoms with Crippen LogP contribution in [-0.4, -0.2) is 61.5 Å². The molecule has 8 nitrogen and oxygen atoms in total. The first-order chi connectivity index (χ1) is 17.8. The molecule has 0 saturated carbocycles. The number of aliphatic hydroxyl groups excluding tert-OH is 1. The number of aliphatic hydroxyl groups is 1. The van der Waals surface area contributed by atoms with E-state index in [1.54, 1.807) is 24.3 Å². The fraction of sp³-hybridized carbons (Fsp3) is 0.481. The first-order valence-corrected chi connectivity index (χ1v) is 15.4. The molecule has 200 valence electrons. The highest BCUT2D eigenvalue weighted by atomic mass is 32.2. The molecule has 2 heterocycles. The molecule has 3 aromatic rings. The molecule has 0 radical (unpaired) electrons. The minimum atomic E-state index is -3.59. The number of amides is 1. The number of carbonyl (C=O) groups excluding carboxylic acids is 1. The maximum absolute atomic E-state index is 13.5. The summed E-state index contributed by atoms with van der Waals surface area (Å²) in [6.07, 6.45) is 1.68. The molecule has 1 aliphatic rings. The summed E-state index contributed by atoms with van der Waals surface area (Å²) >= 11 is 1.40. The first-order valence-electron chi connectivity index (χ1n) is 12.8. The van der Waals surface area contributed by atoms with Gasteiger partial charge < -0.3 is 20.5 Å². The maximum Gasteiger partial charge on any atom is 0.238 e. The highest BCUT2D eigenvalue weighted by Crippen LogP contribution is 2.29. The van der Waals surface area contributed by atoms with Crippen LogP contribution in [0.4, 0.5) is 0 Å². The van der Waals surface area contributed by atoms with E-state index in [1.165, 1.54) is 11.3 Å². The number of hydrogen-bond donors (Lipinski definition) is 3. The second-order valence-corrected chi connectivity index (χ2v) is 12.7. The van der Waals surface area contributed by atoms with Crippen molar-refractivity contribution in [2.75, 3.05) is 19.0 Å². The van der Waals surface area contributed by atoms with Crippen LogP contribution in [0.2, 0.25) is 0 Å². The number of sulfone groups is 1. The number of hydrogen-bond acceptors (Lipinski definition) is 8. The predicted molar refractivity (Wildman–Crippen MR) is 146 cm³/mol. The molecule has 0 spiro atoms. The monoisotopic (exact) mass is 545 g/mol. The lowest BCUT2D eigenvalue weighted by molar-refractivity contribution is -0.124. The topological polar surface area (TPSA) is 118 Å². The molecule has 0 bridgehead atoms. The van der Waals surface area contributed by atoms with E-state index in [2.05, 4.69) is 15.6 Å². The van der Waals surface area contributed by atoms with Crippen molar-refractivity contribution in [1.29, 1.82) is 0 Å².